The van der Waals surface area contributed by atoms with Crippen molar-refractivity contribution in [2.45, 2.75) is 25.5 Å². The van der Waals surface area contributed by atoms with E-state index in [2.05, 4.69) is 15.5 Å². The third-order valence-corrected chi connectivity index (χ3v) is 5.46. The standard InChI is InChI=1S/C17H19N5OS2/c1-3-22-16(14-5-4-8-24-14)20-21-17(22)25-10-15(23)19-13-7-6-12(18)9-11(13)2/h4-9H,3,10,18H2,1-2H3,(H,19,23). The quantitative estimate of drug-likeness (QED) is 0.509. The molecule has 0 aliphatic rings. The molecule has 2 aromatic heterocycles. The molecule has 0 bridgehead atoms. The second-order valence-corrected chi connectivity index (χ2v) is 7.33. The second kappa shape index (κ2) is 7.71. The van der Waals surface area contributed by atoms with E-state index in [0.29, 0.717) is 5.69 Å². The molecule has 25 heavy (non-hydrogen) atoms. The van der Waals surface area contributed by atoms with Crippen molar-refractivity contribution in [3.8, 4) is 10.7 Å². The van der Waals surface area contributed by atoms with Crippen LogP contribution in [0.25, 0.3) is 10.7 Å². The minimum atomic E-state index is -0.0822. The summed E-state index contributed by atoms with van der Waals surface area (Å²) in [6.07, 6.45) is 0. The van der Waals surface area contributed by atoms with Crippen LogP contribution in [0, 0.1) is 6.92 Å². The maximum Gasteiger partial charge on any atom is 0.234 e. The number of amides is 1. The summed E-state index contributed by atoms with van der Waals surface area (Å²) in [5.41, 5.74) is 8.13. The van der Waals surface area contributed by atoms with Crippen molar-refractivity contribution in [1.29, 1.82) is 0 Å². The topological polar surface area (TPSA) is 85.8 Å². The van der Waals surface area contributed by atoms with E-state index in [9.17, 15) is 4.79 Å². The molecular weight excluding hydrogens is 354 g/mol. The Labute approximate surface area is 154 Å². The zero-order chi connectivity index (χ0) is 17.8. The third kappa shape index (κ3) is 4.02. The fraction of sp³-hybridized carbons (Fsp3) is 0.235. The first kappa shape index (κ1) is 17.5. The van der Waals surface area contributed by atoms with Crippen molar-refractivity contribution in [3.63, 3.8) is 0 Å². The molecule has 6 nitrogen and oxygen atoms in total. The van der Waals surface area contributed by atoms with Crippen LogP contribution < -0.4 is 11.1 Å². The van der Waals surface area contributed by atoms with Gasteiger partial charge in [0, 0.05) is 17.9 Å². The molecule has 3 aromatic rings. The minimum absolute atomic E-state index is 0.0822. The number of hydrogen-bond donors (Lipinski definition) is 2. The Morgan fingerprint density at radius 1 is 1.36 bits per heavy atom. The van der Waals surface area contributed by atoms with Crippen molar-refractivity contribution in [2.75, 3.05) is 16.8 Å². The normalized spacial score (nSPS) is 10.8. The number of nitrogen functional groups attached to an aromatic ring is 1. The average molecular weight is 374 g/mol. The van der Waals surface area contributed by atoms with Crippen LogP contribution in [0.5, 0.6) is 0 Å². The van der Waals surface area contributed by atoms with Gasteiger partial charge in [-0.1, -0.05) is 17.8 Å². The summed E-state index contributed by atoms with van der Waals surface area (Å²) in [5.74, 6) is 1.03. The SMILES string of the molecule is CCn1c(SCC(=O)Nc2ccc(N)cc2C)nnc1-c1cccs1. The van der Waals surface area contributed by atoms with Gasteiger partial charge in [0.2, 0.25) is 5.91 Å². The molecule has 0 spiro atoms. The van der Waals surface area contributed by atoms with E-state index in [1.54, 1.807) is 17.4 Å². The summed E-state index contributed by atoms with van der Waals surface area (Å²) < 4.78 is 2.03. The highest BCUT2D eigenvalue weighted by Crippen LogP contribution is 2.27. The van der Waals surface area contributed by atoms with Crippen LogP contribution in [-0.2, 0) is 11.3 Å². The summed E-state index contributed by atoms with van der Waals surface area (Å²) in [6, 6.07) is 9.44. The Balaban J connectivity index is 1.66. The first-order chi connectivity index (χ1) is 12.1. The van der Waals surface area contributed by atoms with Crippen LogP contribution in [0.2, 0.25) is 0 Å². The molecular formula is C17H19N5OS2. The molecule has 0 unspecified atom stereocenters. The lowest BCUT2D eigenvalue weighted by molar-refractivity contribution is -0.113. The van der Waals surface area contributed by atoms with E-state index in [-0.39, 0.29) is 11.7 Å². The van der Waals surface area contributed by atoms with Gasteiger partial charge in [-0.3, -0.25) is 4.79 Å². The molecule has 2 heterocycles. The van der Waals surface area contributed by atoms with Crippen molar-refractivity contribution in [2.24, 2.45) is 0 Å². The molecule has 0 saturated carbocycles. The zero-order valence-corrected chi connectivity index (χ0v) is 15.7. The van der Waals surface area contributed by atoms with Gasteiger partial charge in [-0.2, -0.15) is 0 Å². The first-order valence-electron chi connectivity index (χ1n) is 7.84. The monoisotopic (exact) mass is 373 g/mol. The number of aromatic nitrogens is 3. The zero-order valence-electron chi connectivity index (χ0n) is 14.0. The van der Waals surface area contributed by atoms with Gasteiger partial charge in [-0.05, 0) is 49.1 Å². The number of benzene rings is 1. The smallest absolute Gasteiger partial charge is 0.234 e. The minimum Gasteiger partial charge on any atom is -0.399 e. The Morgan fingerprint density at radius 2 is 2.20 bits per heavy atom. The number of rotatable bonds is 6. The second-order valence-electron chi connectivity index (χ2n) is 5.44. The Kier molecular flexibility index (Phi) is 5.40. The van der Waals surface area contributed by atoms with Gasteiger partial charge in [0.25, 0.3) is 0 Å². The predicted octanol–water partition coefficient (Wildman–Crippen LogP) is 3.65. The van der Waals surface area contributed by atoms with E-state index in [0.717, 1.165) is 33.7 Å². The molecule has 1 aromatic carbocycles. The van der Waals surface area contributed by atoms with E-state index in [1.165, 1.54) is 11.8 Å². The van der Waals surface area contributed by atoms with Crippen LogP contribution in [0.3, 0.4) is 0 Å². The highest BCUT2D eigenvalue weighted by molar-refractivity contribution is 7.99. The number of thioether (sulfide) groups is 1. The number of anilines is 2. The number of hydrogen-bond acceptors (Lipinski definition) is 6. The molecule has 3 N–H and O–H groups in total. The number of aryl methyl sites for hydroxylation is 1. The average Bonchev–Trinajstić information content (AvgIpc) is 3.24. The molecule has 0 fully saturated rings. The summed E-state index contributed by atoms with van der Waals surface area (Å²) in [6.45, 7) is 4.71. The lowest BCUT2D eigenvalue weighted by Crippen LogP contribution is -2.15. The van der Waals surface area contributed by atoms with Gasteiger partial charge < -0.3 is 15.6 Å². The summed E-state index contributed by atoms with van der Waals surface area (Å²) in [4.78, 5) is 13.3. The van der Waals surface area contributed by atoms with E-state index in [4.69, 9.17) is 5.73 Å². The predicted molar refractivity (Wildman–Crippen MR) is 104 cm³/mol. The molecule has 1 amide bonds. The van der Waals surface area contributed by atoms with Crippen LogP contribution in [-0.4, -0.2) is 26.4 Å². The molecule has 0 aliphatic carbocycles. The van der Waals surface area contributed by atoms with Crippen LogP contribution in [0.4, 0.5) is 11.4 Å². The molecule has 0 aliphatic heterocycles. The van der Waals surface area contributed by atoms with Gasteiger partial charge in [-0.15, -0.1) is 21.5 Å². The highest BCUT2D eigenvalue weighted by atomic mass is 32.2. The molecule has 0 radical (unpaired) electrons. The van der Waals surface area contributed by atoms with Crippen LogP contribution >= 0.6 is 23.1 Å². The summed E-state index contributed by atoms with van der Waals surface area (Å²) in [5, 5.41) is 14.2. The van der Waals surface area contributed by atoms with Crippen molar-refractivity contribution < 1.29 is 4.79 Å². The number of carbonyl (C=O) groups excluding carboxylic acids is 1. The van der Waals surface area contributed by atoms with E-state index in [1.807, 2.05) is 48.1 Å². The van der Waals surface area contributed by atoms with Gasteiger partial charge in [0.1, 0.15) is 0 Å². The Bertz CT molecular complexity index is 873. The summed E-state index contributed by atoms with van der Waals surface area (Å²) in [7, 11) is 0. The van der Waals surface area contributed by atoms with E-state index >= 15 is 0 Å². The van der Waals surface area contributed by atoms with Gasteiger partial charge in [-0.25, -0.2) is 0 Å². The number of nitrogens with zero attached hydrogens (tertiary/aromatic N) is 3. The van der Waals surface area contributed by atoms with Crippen LogP contribution in [0.1, 0.15) is 12.5 Å². The lowest BCUT2D eigenvalue weighted by atomic mass is 10.2. The highest BCUT2D eigenvalue weighted by Gasteiger charge is 2.15. The molecule has 0 saturated heterocycles. The van der Waals surface area contributed by atoms with E-state index < -0.39 is 0 Å². The maximum absolute atomic E-state index is 12.2. The maximum atomic E-state index is 12.2. The third-order valence-electron chi connectivity index (χ3n) is 3.63. The largest absolute Gasteiger partial charge is 0.399 e. The lowest BCUT2D eigenvalue weighted by Gasteiger charge is -2.09. The van der Waals surface area contributed by atoms with Crippen molar-refractivity contribution in [1.82, 2.24) is 14.8 Å². The van der Waals surface area contributed by atoms with Gasteiger partial charge >= 0.3 is 0 Å². The number of nitrogens with two attached hydrogens (primary N) is 1. The van der Waals surface area contributed by atoms with Gasteiger partial charge in [0.15, 0.2) is 11.0 Å². The molecule has 3 rings (SSSR count). The number of nitrogens with one attached hydrogen (secondary N) is 1. The van der Waals surface area contributed by atoms with Crippen molar-refractivity contribution >= 4 is 40.4 Å². The summed E-state index contributed by atoms with van der Waals surface area (Å²) >= 11 is 3.01. The molecule has 130 valence electrons. The van der Waals surface area contributed by atoms with Crippen molar-refractivity contribution in [3.05, 3.63) is 41.3 Å². The number of carbonyl (C=O) groups is 1. The Morgan fingerprint density at radius 3 is 2.88 bits per heavy atom. The molecule has 0 atom stereocenters. The van der Waals surface area contributed by atoms with Crippen LogP contribution in [0.15, 0.2) is 40.9 Å². The first-order valence-corrected chi connectivity index (χ1v) is 9.71. The van der Waals surface area contributed by atoms with Gasteiger partial charge in [0.05, 0.1) is 10.6 Å². The fourth-order valence-corrected chi connectivity index (χ4v) is 3.93. The number of thiophene rings is 1. The molecule has 8 heteroatoms. The fourth-order valence-electron chi connectivity index (χ4n) is 2.41. The Hall–Kier alpha value is -2.32.